The normalized spacial score (nSPS) is 18.5. The molecule has 1 heterocycles. The van der Waals surface area contributed by atoms with E-state index in [0.29, 0.717) is 6.54 Å². The summed E-state index contributed by atoms with van der Waals surface area (Å²) in [6.45, 7) is 3.68. The molecule has 17 heavy (non-hydrogen) atoms. The zero-order valence-corrected chi connectivity index (χ0v) is 10.6. The fourth-order valence-corrected chi connectivity index (χ4v) is 2.46. The molecule has 94 valence electrons. The quantitative estimate of drug-likeness (QED) is 0.856. The van der Waals surface area contributed by atoms with E-state index < -0.39 is 0 Å². The first-order valence-corrected chi connectivity index (χ1v) is 6.35. The van der Waals surface area contributed by atoms with E-state index >= 15 is 0 Å². The maximum Gasteiger partial charge on any atom is 0.0820 e. The smallest absolute Gasteiger partial charge is 0.0820 e. The van der Waals surface area contributed by atoms with Gasteiger partial charge >= 0.3 is 0 Å². The summed E-state index contributed by atoms with van der Waals surface area (Å²) in [5, 5.41) is 0. The van der Waals surface area contributed by atoms with Crippen LogP contribution in [0.25, 0.3) is 0 Å². The lowest BCUT2D eigenvalue weighted by Gasteiger charge is -2.24. The molecule has 0 spiro atoms. The summed E-state index contributed by atoms with van der Waals surface area (Å²) in [4.78, 5) is 2.45. The summed E-state index contributed by atoms with van der Waals surface area (Å²) in [7, 11) is 1.74. The predicted molar refractivity (Wildman–Crippen MR) is 69.9 cm³/mol. The van der Waals surface area contributed by atoms with Gasteiger partial charge in [0, 0.05) is 26.7 Å². The SMILES string of the molecule is COC(CN)CN1CCCc2ccccc2C1. The first kappa shape index (κ1) is 12.6. The van der Waals surface area contributed by atoms with Crippen molar-refractivity contribution in [2.24, 2.45) is 5.73 Å². The van der Waals surface area contributed by atoms with Crippen LogP contribution in [0.3, 0.4) is 0 Å². The van der Waals surface area contributed by atoms with E-state index in [2.05, 4.69) is 29.2 Å². The molecule has 0 saturated heterocycles. The van der Waals surface area contributed by atoms with Gasteiger partial charge in [-0.2, -0.15) is 0 Å². The topological polar surface area (TPSA) is 38.5 Å². The molecule has 0 aromatic heterocycles. The minimum absolute atomic E-state index is 0.153. The summed E-state index contributed by atoms with van der Waals surface area (Å²) in [6, 6.07) is 8.74. The summed E-state index contributed by atoms with van der Waals surface area (Å²) < 4.78 is 5.36. The minimum Gasteiger partial charge on any atom is -0.379 e. The summed E-state index contributed by atoms with van der Waals surface area (Å²) in [6.07, 6.45) is 2.56. The van der Waals surface area contributed by atoms with Gasteiger partial charge in [0.15, 0.2) is 0 Å². The highest BCUT2D eigenvalue weighted by atomic mass is 16.5. The highest BCUT2D eigenvalue weighted by Gasteiger charge is 2.16. The molecule has 0 bridgehead atoms. The lowest BCUT2D eigenvalue weighted by atomic mass is 10.0. The predicted octanol–water partition coefficient (Wildman–Crippen LogP) is 1.41. The Labute approximate surface area is 104 Å². The second kappa shape index (κ2) is 6.15. The van der Waals surface area contributed by atoms with Crippen molar-refractivity contribution in [3.8, 4) is 0 Å². The monoisotopic (exact) mass is 234 g/mol. The van der Waals surface area contributed by atoms with Crippen molar-refractivity contribution in [2.75, 3.05) is 26.7 Å². The molecule has 2 rings (SSSR count). The summed E-state index contributed by atoms with van der Waals surface area (Å²) >= 11 is 0. The highest BCUT2D eigenvalue weighted by Crippen LogP contribution is 2.18. The van der Waals surface area contributed by atoms with Gasteiger partial charge in [-0.15, -0.1) is 0 Å². The van der Waals surface area contributed by atoms with Gasteiger partial charge in [-0.1, -0.05) is 24.3 Å². The third-order valence-electron chi connectivity index (χ3n) is 3.49. The number of benzene rings is 1. The molecule has 1 aromatic rings. The molecule has 3 nitrogen and oxygen atoms in total. The van der Waals surface area contributed by atoms with Crippen LogP contribution < -0.4 is 5.73 Å². The van der Waals surface area contributed by atoms with Crippen LogP contribution in [0.1, 0.15) is 17.5 Å². The maximum absolute atomic E-state index is 5.68. The Bertz CT molecular complexity index is 350. The molecule has 1 atom stereocenters. The Hall–Kier alpha value is -0.900. The molecule has 1 aliphatic rings. The maximum atomic E-state index is 5.68. The number of nitrogens with zero attached hydrogens (tertiary/aromatic N) is 1. The van der Waals surface area contributed by atoms with Crippen molar-refractivity contribution in [1.82, 2.24) is 4.90 Å². The van der Waals surface area contributed by atoms with Gasteiger partial charge in [0.2, 0.25) is 0 Å². The fourth-order valence-electron chi connectivity index (χ4n) is 2.46. The van der Waals surface area contributed by atoms with E-state index in [4.69, 9.17) is 10.5 Å². The van der Waals surface area contributed by atoms with Crippen LogP contribution in [0.4, 0.5) is 0 Å². The van der Waals surface area contributed by atoms with Crippen LogP contribution in [0.15, 0.2) is 24.3 Å². The molecular weight excluding hydrogens is 212 g/mol. The molecule has 1 unspecified atom stereocenters. The second-order valence-electron chi connectivity index (χ2n) is 4.70. The first-order chi connectivity index (χ1) is 8.33. The standard InChI is InChI=1S/C14H22N2O/c1-17-14(9-15)11-16-8-4-7-12-5-2-3-6-13(12)10-16/h2-3,5-6,14H,4,7-11,15H2,1H3. The van der Waals surface area contributed by atoms with Crippen LogP contribution in [0.2, 0.25) is 0 Å². The Morgan fingerprint density at radius 1 is 1.35 bits per heavy atom. The van der Waals surface area contributed by atoms with Crippen LogP contribution in [0, 0.1) is 0 Å². The average molecular weight is 234 g/mol. The average Bonchev–Trinajstić information content (AvgIpc) is 2.57. The number of nitrogens with two attached hydrogens (primary N) is 1. The Morgan fingerprint density at radius 2 is 2.12 bits per heavy atom. The molecule has 0 radical (unpaired) electrons. The lowest BCUT2D eigenvalue weighted by molar-refractivity contribution is 0.0678. The zero-order chi connectivity index (χ0) is 12.1. The van der Waals surface area contributed by atoms with Gasteiger partial charge in [-0.3, -0.25) is 4.90 Å². The zero-order valence-electron chi connectivity index (χ0n) is 10.6. The van der Waals surface area contributed by atoms with E-state index in [1.807, 2.05) is 0 Å². The van der Waals surface area contributed by atoms with Crippen LogP contribution in [-0.2, 0) is 17.7 Å². The van der Waals surface area contributed by atoms with Crippen molar-refractivity contribution in [3.05, 3.63) is 35.4 Å². The van der Waals surface area contributed by atoms with Crippen molar-refractivity contribution < 1.29 is 4.74 Å². The number of hydrogen-bond donors (Lipinski definition) is 1. The Balaban J connectivity index is 2.02. The fraction of sp³-hybridized carbons (Fsp3) is 0.571. The number of methoxy groups -OCH3 is 1. The molecule has 2 N–H and O–H groups in total. The van der Waals surface area contributed by atoms with Crippen LogP contribution >= 0.6 is 0 Å². The largest absolute Gasteiger partial charge is 0.379 e. The molecule has 3 heteroatoms. The van der Waals surface area contributed by atoms with E-state index in [9.17, 15) is 0 Å². The lowest BCUT2D eigenvalue weighted by Crippen LogP contribution is -2.37. The Morgan fingerprint density at radius 3 is 2.82 bits per heavy atom. The van der Waals surface area contributed by atoms with Crippen LogP contribution in [-0.4, -0.2) is 37.7 Å². The van der Waals surface area contributed by atoms with E-state index in [0.717, 1.165) is 19.6 Å². The van der Waals surface area contributed by atoms with Crippen LogP contribution in [0.5, 0.6) is 0 Å². The van der Waals surface area contributed by atoms with Crippen molar-refractivity contribution in [1.29, 1.82) is 0 Å². The first-order valence-electron chi connectivity index (χ1n) is 6.35. The van der Waals surface area contributed by atoms with Crippen molar-refractivity contribution in [3.63, 3.8) is 0 Å². The van der Waals surface area contributed by atoms with E-state index in [1.54, 1.807) is 7.11 Å². The molecule has 0 amide bonds. The molecular formula is C14H22N2O. The third kappa shape index (κ3) is 3.28. The number of aryl methyl sites for hydroxylation is 1. The minimum atomic E-state index is 0.153. The third-order valence-corrected chi connectivity index (χ3v) is 3.49. The van der Waals surface area contributed by atoms with Gasteiger partial charge in [0.05, 0.1) is 6.10 Å². The Kier molecular flexibility index (Phi) is 4.54. The van der Waals surface area contributed by atoms with Gasteiger partial charge in [-0.05, 0) is 30.5 Å². The van der Waals surface area contributed by atoms with Crippen molar-refractivity contribution >= 4 is 0 Å². The molecule has 0 saturated carbocycles. The number of hydrogen-bond acceptors (Lipinski definition) is 3. The number of ether oxygens (including phenoxy) is 1. The molecule has 0 fully saturated rings. The van der Waals surface area contributed by atoms with Crippen molar-refractivity contribution in [2.45, 2.75) is 25.5 Å². The van der Waals surface area contributed by atoms with Gasteiger partial charge in [-0.25, -0.2) is 0 Å². The van der Waals surface area contributed by atoms with Gasteiger partial charge in [0.1, 0.15) is 0 Å². The molecule has 1 aromatic carbocycles. The van der Waals surface area contributed by atoms with E-state index in [-0.39, 0.29) is 6.10 Å². The summed E-state index contributed by atoms with van der Waals surface area (Å²) in [5.74, 6) is 0. The summed E-state index contributed by atoms with van der Waals surface area (Å²) in [5.41, 5.74) is 8.63. The van der Waals surface area contributed by atoms with Gasteiger partial charge in [0.25, 0.3) is 0 Å². The molecule has 0 aliphatic carbocycles. The number of rotatable bonds is 4. The van der Waals surface area contributed by atoms with Gasteiger partial charge < -0.3 is 10.5 Å². The highest BCUT2D eigenvalue weighted by molar-refractivity contribution is 5.28. The van der Waals surface area contributed by atoms with E-state index in [1.165, 1.54) is 24.0 Å². The molecule has 1 aliphatic heterocycles. The second-order valence-corrected chi connectivity index (χ2v) is 4.70. The number of fused-ring (bicyclic) bond motifs is 1.